The van der Waals surface area contributed by atoms with Gasteiger partial charge in [-0.25, -0.2) is 9.37 Å². The average Bonchev–Trinajstić information content (AvgIpc) is 3.21. The van der Waals surface area contributed by atoms with Gasteiger partial charge in [0.1, 0.15) is 17.4 Å². The molecule has 0 bridgehead atoms. The van der Waals surface area contributed by atoms with Gasteiger partial charge in [-0.15, -0.1) is 6.58 Å². The van der Waals surface area contributed by atoms with Crippen LogP contribution in [0.1, 0.15) is 34.6 Å². The van der Waals surface area contributed by atoms with Crippen molar-refractivity contribution in [2.75, 3.05) is 6.61 Å². The quantitative estimate of drug-likeness (QED) is 0.232. The fourth-order valence-electron chi connectivity index (χ4n) is 3.93. The number of unbranched alkanes of at least 4 members (excludes halogenated alkanes) is 1. The minimum Gasteiger partial charge on any atom is -0.493 e. The zero-order valence-corrected chi connectivity index (χ0v) is 19.0. The molecule has 1 aromatic heterocycles. The first-order valence-corrected chi connectivity index (χ1v) is 11.5. The Kier molecular flexibility index (Phi) is 7.71. The zero-order chi connectivity index (χ0) is 23.8. The van der Waals surface area contributed by atoms with Crippen molar-refractivity contribution in [2.45, 2.75) is 32.4 Å². The summed E-state index contributed by atoms with van der Waals surface area (Å²) in [5.41, 5.74) is 3.03. The second-order valence-electron chi connectivity index (χ2n) is 7.99. The van der Waals surface area contributed by atoms with Crippen molar-refractivity contribution in [3.8, 4) is 5.75 Å². The molecule has 0 radical (unpaired) electrons. The summed E-state index contributed by atoms with van der Waals surface area (Å²) in [5.74, 6) is 0.640. The van der Waals surface area contributed by atoms with E-state index in [2.05, 4.69) is 22.5 Å². The van der Waals surface area contributed by atoms with E-state index in [-0.39, 0.29) is 12.1 Å². The van der Waals surface area contributed by atoms with Crippen LogP contribution in [0, 0.1) is 5.82 Å². The Balaban J connectivity index is 1.38. The maximum absolute atomic E-state index is 13.9. The van der Waals surface area contributed by atoms with E-state index in [4.69, 9.17) is 9.72 Å². The average molecular weight is 458 g/mol. The van der Waals surface area contributed by atoms with Crippen LogP contribution in [-0.2, 0) is 19.5 Å². The number of rotatable bonds is 11. The largest absolute Gasteiger partial charge is 0.493 e. The summed E-state index contributed by atoms with van der Waals surface area (Å²) in [5, 5.41) is 2.80. The molecule has 1 N–H and O–H groups in total. The predicted molar refractivity (Wildman–Crippen MR) is 132 cm³/mol. The lowest BCUT2D eigenvalue weighted by molar-refractivity contribution is 0.0945. The van der Waals surface area contributed by atoms with Gasteiger partial charge in [0.2, 0.25) is 0 Å². The normalized spacial score (nSPS) is 10.9. The minimum absolute atomic E-state index is 0.0269. The highest BCUT2D eigenvalue weighted by molar-refractivity contribution is 5.94. The van der Waals surface area contributed by atoms with Crippen molar-refractivity contribution in [3.63, 3.8) is 0 Å². The van der Waals surface area contributed by atoms with Gasteiger partial charge in [0.25, 0.3) is 5.91 Å². The maximum atomic E-state index is 13.9. The van der Waals surface area contributed by atoms with Crippen molar-refractivity contribution in [1.82, 2.24) is 14.9 Å². The molecule has 1 amide bonds. The SMILES string of the molecule is C=CCc1ccccc1OCCCCn1c(CNC(=O)c2ccccc2F)nc2ccccc21. The number of halogens is 1. The minimum atomic E-state index is -0.539. The van der Waals surface area contributed by atoms with Gasteiger partial charge in [-0.3, -0.25) is 4.79 Å². The number of fused-ring (bicyclic) bond motifs is 1. The first-order valence-electron chi connectivity index (χ1n) is 11.5. The topological polar surface area (TPSA) is 56.1 Å². The van der Waals surface area contributed by atoms with Crippen LogP contribution in [0.4, 0.5) is 4.39 Å². The molecule has 0 saturated heterocycles. The second-order valence-corrected chi connectivity index (χ2v) is 7.99. The number of aromatic nitrogens is 2. The molecule has 174 valence electrons. The van der Waals surface area contributed by atoms with Crippen LogP contribution in [0.3, 0.4) is 0 Å². The summed E-state index contributed by atoms with van der Waals surface area (Å²) in [4.78, 5) is 17.2. The van der Waals surface area contributed by atoms with Crippen molar-refractivity contribution in [3.05, 3.63) is 108 Å². The molecule has 0 fully saturated rings. The van der Waals surface area contributed by atoms with Crippen molar-refractivity contribution in [1.29, 1.82) is 0 Å². The molecule has 3 aromatic carbocycles. The van der Waals surface area contributed by atoms with Crippen molar-refractivity contribution >= 4 is 16.9 Å². The van der Waals surface area contributed by atoms with Gasteiger partial charge in [-0.2, -0.15) is 0 Å². The summed E-state index contributed by atoms with van der Waals surface area (Å²) in [7, 11) is 0. The molecule has 0 aliphatic rings. The van der Waals surface area contributed by atoms with Gasteiger partial charge in [0, 0.05) is 6.54 Å². The van der Waals surface area contributed by atoms with E-state index in [0.717, 1.165) is 54.0 Å². The number of amides is 1. The number of ether oxygens (including phenoxy) is 1. The van der Waals surface area contributed by atoms with Crippen LogP contribution >= 0.6 is 0 Å². The molecule has 0 aliphatic carbocycles. The number of nitrogens with zero attached hydrogens (tertiary/aromatic N) is 2. The molecule has 0 aliphatic heterocycles. The highest BCUT2D eigenvalue weighted by Gasteiger charge is 2.14. The lowest BCUT2D eigenvalue weighted by Gasteiger charge is -2.12. The fourth-order valence-corrected chi connectivity index (χ4v) is 3.93. The van der Waals surface area contributed by atoms with E-state index in [1.165, 1.54) is 12.1 Å². The third-order valence-electron chi connectivity index (χ3n) is 5.63. The molecule has 0 unspecified atom stereocenters. The number of carbonyl (C=O) groups is 1. The van der Waals surface area contributed by atoms with Gasteiger partial charge >= 0.3 is 0 Å². The monoisotopic (exact) mass is 457 g/mol. The smallest absolute Gasteiger partial charge is 0.254 e. The molecule has 0 saturated carbocycles. The number of carbonyl (C=O) groups excluding carboxylic acids is 1. The number of hydrogen-bond acceptors (Lipinski definition) is 3. The Hall–Kier alpha value is -3.93. The summed E-state index contributed by atoms with van der Waals surface area (Å²) < 4.78 is 22.1. The van der Waals surface area contributed by atoms with E-state index < -0.39 is 11.7 Å². The maximum Gasteiger partial charge on any atom is 0.254 e. The molecular formula is C28H28FN3O2. The first-order chi connectivity index (χ1) is 16.7. The molecule has 5 nitrogen and oxygen atoms in total. The van der Waals surface area contributed by atoms with Gasteiger partial charge in [-0.05, 0) is 55.2 Å². The van der Waals surface area contributed by atoms with Crippen LogP contribution in [0.2, 0.25) is 0 Å². The predicted octanol–water partition coefficient (Wildman–Crippen LogP) is 5.69. The lowest BCUT2D eigenvalue weighted by Crippen LogP contribution is -2.25. The summed E-state index contributed by atoms with van der Waals surface area (Å²) >= 11 is 0. The molecule has 6 heteroatoms. The molecule has 4 aromatic rings. The number of imidazole rings is 1. The van der Waals surface area contributed by atoms with E-state index in [1.807, 2.05) is 48.5 Å². The first kappa shape index (κ1) is 23.2. The zero-order valence-electron chi connectivity index (χ0n) is 19.0. The van der Waals surface area contributed by atoms with E-state index in [0.29, 0.717) is 6.61 Å². The molecular weight excluding hydrogens is 429 g/mol. The highest BCUT2D eigenvalue weighted by Crippen LogP contribution is 2.20. The number of allylic oxidation sites excluding steroid dienone is 1. The number of hydrogen-bond donors (Lipinski definition) is 1. The number of para-hydroxylation sites is 3. The summed E-state index contributed by atoms with van der Waals surface area (Å²) in [6.45, 7) is 5.37. The third-order valence-corrected chi connectivity index (χ3v) is 5.63. The second kappa shape index (κ2) is 11.3. The number of benzene rings is 3. The lowest BCUT2D eigenvalue weighted by atomic mass is 10.1. The van der Waals surface area contributed by atoms with Crippen LogP contribution < -0.4 is 10.1 Å². The molecule has 4 rings (SSSR count). The van der Waals surface area contributed by atoms with Crippen LogP contribution in [0.5, 0.6) is 5.75 Å². The van der Waals surface area contributed by atoms with Crippen LogP contribution in [0.15, 0.2) is 85.5 Å². The summed E-state index contributed by atoms with van der Waals surface area (Å²) in [6.07, 6.45) is 4.41. The van der Waals surface area contributed by atoms with Crippen LogP contribution in [0.25, 0.3) is 11.0 Å². The molecule has 0 spiro atoms. The Morgan fingerprint density at radius 1 is 1.03 bits per heavy atom. The van der Waals surface area contributed by atoms with E-state index in [9.17, 15) is 9.18 Å². The fraction of sp³-hybridized carbons (Fsp3) is 0.214. The third kappa shape index (κ3) is 5.52. The van der Waals surface area contributed by atoms with E-state index >= 15 is 0 Å². The van der Waals surface area contributed by atoms with Gasteiger partial charge < -0.3 is 14.6 Å². The summed E-state index contributed by atoms with van der Waals surface area (Å²) in [6, 6.07) is 21.9. The van der Waals surface area contributed by atoms with Gasteiger partial charge in [-0.1, -0.05) is 48.5 Å². The van der Waals surface area contributed by atoms with Crippen molar-refractivity contribution in [2.24, 2.45) is 0 Å². The Bertz CT molecular complexity index is 1280. The van der Waals surface area contributed by atoms with Gasteiger partial charge in [0.05, 0.1) is 29.7 Å². The standard InChI is InChI=1S/C28H28FN3O2/c1-2-11-21-12-3-8-17-26(21)34-19-10-9-18-32-25-16-7-6-15-24(25)31-27(32)20-30-28(33)22-13-4-5-14-23(22)29/h2-8,12-17H,1,9-11,18-20H2,(H,30,33). The number of nitrogens with one attached hydrogen (secondary N) is 1. The van der Waals surface area contributed by atoms with Crippen LogP contribution in [-0.4, -0.2) is 22.1 Å². The number of aryl methyl sites for hydroxylation is 1. The highest BCUT2D eigenvalue weighted by atomic mass is 19.1. The van der Waals surface area contributed by atoms with Gasteiger partial charge in [0.15, 0.2) is 0 Å². The Morgan fingerprint density at radius 3 is 2.65 bits per heavy atom. The Labute approximate surface area is 198 Å². The Morgan fingerprint density at radius 2 is 1.79 bits per heavy atom. The molecule has 1 heterocycles. The van der Waals surface area contributed by atoms with E-state index in [1.54, 1.807) is 12.1 Å². The van der Waals surface area contributed by atoms with Crippen molar-refractivity contribution < 1.29 is 13.9 Å². The molecule has 0 atom stereocenters. The molecule has 34 heavy (non-hydrogen) atoms.